The van der Waals surface area contributed by atoms with Crippen LogP contribution in [0.5, 0.6) is 0 Å². The summed E-state index contributed by atoms with van der Waals surface area (Å²) in [6.07, 6.45) is 1.27. The van der Waals surface area contributed by atoms with E-state index >= 15 is 0 Å². The zero-order valence-corrected chi connectivity index (χ0v) is 11.2. The second-order valence-electron chi connectivity index (χ2n) is 4.11. The van der Waals surface area contributed by atoms with Crippen molar-refractivity contribution in [1.82, 2.24) is 4.98 Å². The van der Waals surface area contributed by atoms with Gasteiger partial charge in [-0.15, -0.1) is 0 Å². The molecule has 0 saturated heterocycles. The molecule has 0 aliphatic heterocycles. The summed E-state index contributed by atoms with van der Waals surface area (Å²) in [6, 6.07) is 4.74. The van der Waals surface area contributed by atoms with Gasteiger partial charge in [-0.1, -0.05) is 6.07 Å². The van der Waals surface area contributed by atoms with E-state index in [2.05, 4.69) is 10.3 Å². The number of hydrogen-bond donors (Lipinski definition) is 2. The number of hydrogen-bond acceptors (Lipinski definition) is 5. The normalized spacial score (nSPS) is 10.2. The van der Waals surface area contributed by atoms with Crippen LogP contribution < -0.4 is 11.1 Å². The smallest absolute Gasteiger partial charge is 0.341 e. The van der Waals surface area contributed by atoms with Crippen LogP contribution in [0, 0.1) is 11.6 Å². The van der Waals surface area contributed by atoms with Gasteiger partial charge in [-0.05, 0) is 25.1 Å². The molecule has 0 radical (unpaired) electrons. The molecule has 5 nitrogen and oxygen atoms in total. The molecule has 2 aromatic rings. The van der Waals surface area contributed by atoms with Crippen molar-refractivity contribution in [3.63, 3.8) is 0 Å². The summed E-state index contributed by atoms with van der Waals surface area (Å²) >= 11 is 0. The molecule has 3 N–H and O–H groups in total. The maximum Gasteiger partial charge on any atom is 0.341 e. The fraction of sp³-hybridized carbons (Fsp3) is 0.143. The maximum absolute atomic E-state index is 13.6. The van der Waals surface area contributed by atoms with Crippen LogP contribution in [0.4, 0.5) is 26.0 Å². The summed E-state index contributed by atoms with van der Waals surface area (Å²) in [7, 11) is 0. The molecule has 110 valence electrons. The molecule has 7 heteroatoms. The van der Waals surface area contributed by atoms with E-state index in [0.717, 1.165) is 12.1 Å². The summed E-state index contributed by atoms with van der Waals surface area (Å²) in [6.45, 7) is 1.79. The molecule has 0 bridgehead atoms. The van der Waals surface area contributed by atoms with Crippen LogP contribution in [0.1, 0.15) is 17.3 Å². The van der Waals surface area contributed by atoms with E-state index in [0.29, 0.717) is 0 Å². The number of nitrogens with zero attached hydrogens (tertiary/aromatic N) is 1. The van der Waals surface area contributed by atoms with Crippen molar-refractivity contribution in [1.29, 1.82) is 0 Å². The fourth-order valence-electron chi connectivity index (χ4n) is 1.68. The van der Waals surface area contributed by atoms with Gasteiger partial charge in [0.25, 0.3) is 0 Å². The van der Waals surface area contributed by atoms with Crippen LogP contribution in [-0.2, 0) is 4.74 Å². The highest BCUT2D eigenvalue weighted by Crippen LogP contribution is 2.25. The number of nitrogens with two attached hydrogens (primary N) is 1. The van der Waals surface area contributed by atoms with Gasteiger partial charge in [0.2, 0.25) is 0 Å². The van der Waals surface area contributed by atoms with Crippen LogP contribution in [-0.4, -0.2) is 17.6 Å². The number of anilines is 3. The molecule has 0 aliphatic carbocycles. The molecule has 21 heavy (non-hydrogen) atoms. The van der Waals surface area contributed by atoms with Crippen LogP contribution in [0.3, 0.4) is 0 Å². The number of carbonyl (C=O) groups excluding carboxylic acids is 1. The standard InChI is InChI=1S/C14H13F2N3O2/c1-2-21-14(20)9-6-8(17)7-18-13(9)19-12-10(15)4-3-5-11(12)16/h3-7H,2,17H2,1H3,(H,18,19). The predicted molar refractivity (Wildman–Crippen MR) is 74.2 cm³/mol. The molecule has 1 aromatic heterocycles. The van der Waals surface area contributed by atoms with E-state index in [1.165, 1.54) is 18.3 Å². The summed E-state index contributed by atoms with van der Waals surface area (Å²) in [5.74, 6) is -2.32. The Kier molecular flexibility index (Phi) is 4.32. The Morgan fingerprint density at radius 3 is 2.67 bits per heavy atom. The zero-order chi connectivity index (χ0) is 15.4. The molecule has 0 atom stereocenters. The molecule has 1 aromatic carbocycles. The van der Waals surface area contributed by atoms with Gasteiger partial charge >= 0.3 is 5.97 Å². The summed E-state index contributed by atoms with van der Waals surface area (Å²) in [5.41, 5.74) is 5.40. The third-order valence-electron chi connectivity index (χ3n) is 2.61. The Labute approximate surface area is 119 Å². The lowest BCUT2D eigenvalue weighted by Crippen LogP contribution is -2.11. The minimum atomic E-state index is -0.802. The molecular weight excluding hydrogens is 280 g/mol. The molecule has 0 saturated carbocycles. The molecule has 0 amide bonds. The Morgan fingerprint density at radius 1 is 1.38 bits per heavy atom. The SMILES string of the molecule is CCOC(=O)c1cc(N)cnc1Nc1c(F)cccc1F. The van der Waals surface area contributed by atoms with E-state index < -0.39 is 23.3 Å². The van der Waals surface area contributed by atoms with Crippen molar-refractivity contribution >= 4 is 23.2 Å². The van der Waals surface area contributed by atoms with Crippen molar-refractivity contribution in [2.45, 2.75) is 6.92 Å². The Morgan fingerprint density at radius 2 is 2.05 bits per heavy atom. The molecule has 2 rings (SSSR count). The largest absolute Gasteiger partial charge is 0.462 e. The first-order valence-electron chi connectivity index (χ1n) is 6.16. The summed E-state index contributed by atoms with van der Waals surface area (Å²) in [5, 5.41) is 2.46. The van der Waals surface area contributed by atoms with Crippen molar-refractivity contribution in [2.24, 2.45) is 0 Å². The number of esters is 1. The van der Waals surface area contributed by atoms with E-state index in [1.807, 2.05) is 0 Å². The Balaban J connectivity index is 2.42. The van der Waals surface area contributed by atoms with Gasteiger partial charge in [-0.25, -0.2) is 18.6 Å². The van der Waals surface area contributed by atoms with Gasteiger partial charge in [0.1, 0.15) is 28.7 Å². The fourth-order valence-corrected chi connectivity index (χ4v) is 1.68. The van der Waals surface area contributed by atoms with Crippen molar-refractivity contribution in [3.05, 3.63) is 47.7 Å². The number of benzene rings is 1. The lowest BCUT2D eigenvalue weighted by atomic mass is 10.2. The number of halogens is 2. The van der Waals surface area contributed by atoms with Gasteiger partial charge in [0.15, 0.2) is 0 Å². The molecule has 0 fully saturated rings. The quantitative estimate of drug-likeness (QED) is 0.848. The van der Waals surface area contributed by atoms with Gasteiger partial charge in [0, 0.05) is 0 Å². The molecule has 1 heterocycles. The third kappa shape index (κ3) is 3.25. The van der Waals surface area contributed by atoms with E-state index in [4.69, 9.17) is 10.5 Å². The van der Waals surface area contributed by atoms with E-state index in [9.17, 15) is 13.6 Å². The minimum Gasteiger partial charge on any atom is -0.462 e. The average Bonchev–Trinajstić information content (AvgIpc) is 2.44. The highest BCUT2D eigenvalue weighted by molar-refractivity contribution is 5.96. The minimum absolute atomic E-state index is 0.000460. The lowest BCUT2D eigenvalue weighted by molar-refractivity contribution is 0.0527. The number of para-hydroxylation sites is 1. The van der Waals surface area contributed by atoms with Crippen LogP contribution in [0.15, 0.2) is 30.5 Å². The number of pyridine rings is 1. The van der Waals surface area contributed by atoms with E-state index in [-0.39, 0.29) is 23.7 Å². The molecule has 0 spiro atoms. The number of aromatic nitrogens is 1. The van der Waals surface area contributed by atoms with Crippen molar-refractivity contribution < 1.29 is 18.3 Å². The average molecular weight is 293 g/mol. The van der Waals surface area contributed by atoms with Crippen LogP contribution in [0.2, 0.25) is 0 Å². The van der Waals surface area contributed by atoms with Gasteiger partial charge in [-0.3, -0.25) is 0 Å². The number of ether oxygens (including phenoxy) is 1. The van der Waals surface area contributed by atoms with Gasteiger partial charge in [-0.2, -0.15) is 0 Å². The summed E-state index contributed by atoms with van der Waals surface area (Å²) in [4.78, 5) is 15.7. The molecular formula is C14H13F2N3O2. The zero-order valence-electron chi connectivity index (χ0n) is 11.2. The summed E-state index contributed by atoms with van der Waals surface area (Å²) < 4.78 is 32.1. The highest BCUT2D eigenvalue weighted by atomic mass is 19.1. The first-order valence-corrected chi connectivity index (χ1v) is 6.16. The molecule has 0 aliphatic rings. The van der Waals surface area contributed by atoms with Gasteiger partial charge < -0.3 is 15.8 Å². The maximum atomic E-state index is 13.6. The van der Waals surface area contributed by atoms with Crippen molar-refractivity contribution in [2.75, 3.05) is 17.7 Å². The Bertz CT molecular complexity index is 657. The highest BCUT2D eigenvalue weighted by Gasteiger charge is 2.17. The van der Waals surface area contributed by atoms with Crippen LogP contribution >= 0.6 is 0 Å². The predicted octanol–water partition coefficient (Wildman–Crippen LogP) is 2.86. The van der Waals surface area contributed by atoms with Gasteiger partial charge in [0.05, 0.1) is 18.5 Å². The lowest BCUT2D eigenvalue weighted by Gasteiger charge is -2.12. The first-order chi connectivity index (χ1) is 10.0. The van der Waals surface area contributed by atoms with Crippen molar-refractivity contribution in [3.8, 4) is 0 Å². The van der Waals surface area contributed by atoms with Crippen LogP contribution in [0.25, 0.3) is 0 Å². The second kappa shape index (κ2) is 6.17. The topological polar surface area (TPSA) is 77.2 Å². The van der Waals surface area contributed by atoms with E-state index in [1.54, 1.807) is 6.92 Å². The number of carbonyl (C=O) groups is 1. The molecule has 0 unspecified atom stereocenters. The number of nitrogens with one attached hydrogen (secondary N) is 1. The monoisotopic (exact) mass is 293 g/mol. The number of nitrogen functional groups attached to an aromatic ring is 1. The first kappa shape index (κ1) is 14.7. The third-order valence-corrected chi connectivity index (χ3v) is 2.61. The Hall–Kier alpha value is -2.70. The second-order valence-corrected chi connectivity index (χ2v) is 4.11. The number of rotatable bonds is 4.